The maximum absolute atomic E-state index is 5.48. The van der Waals surface area contributed by atoms with Crippen LogP contribution in [0.3, 0.4) is 0 Å². The van der Waals surface area contributed by atoms with E-state index >= 15 is 0 Å². The van der Waals surface area contributed by atoms with Crippen molar-refractivity contribution in [2.75, 3.05) is 26.4 Å². The van der Waals surface area contributed by atoms with Gasteiger partial charge in [-0.15, -0.1) is 0 Å². The summed E-state index contributed by atoms with van der Waals surface area (Å²) in [5.41, 5.74) is -0.0211. The van der Waals surface area contributed by atoms with E-state index in [0.717, 1.165) is 12.4 Å². The first kappa shape index (κ1) is 10.5. The minimum atomic E-state index is -0.0211. The third-order valence-electron chi connectivity index (χ3n) is 2.28. The van der Waals surface area contributed by atoms with Gasteiger partial charge in [-0.25, -0.2) is 0 Å². The standard InChI is InChI=1S/C12H16O3/c1-12(10-15-12)9-13-7-8-14-11-5-3-2-4-6-11/h2-6H,7-10H2,1H3. The van der Waals surface area contributed by atoms with Crippen LogP contribution in [-0.2, 0) is 9.47 Å². The fourth-order valence-electron chi connectivity index (χ4n) is 1.23. The predicted molar refractivity (Wildman–Crippen MR) is 57.1 cm³/mol. The lowest BCUT2D eigenvalue weighted by Crippen LogP contribution is -2.17. The van der Waals surface area contributed by atoms with Crippen molar-refractivity contribution in [3.63, 3.8) is 0 Å². The molecule has 1 aliphatic rings. The zero-order valence-corrected chi connectivity index (χ0v) is 8.94. The molecule has 0 radical (unpaired) electrons. The van der Waals surface area contributed by atoms with E-state index in [9.17, 15) is 0 Å². The van der Waals surface area contributed by atoms with Crippen molar-refractivity contribution < 1.29 is 14.2 Å². The Morgan fingerprint density at radius 1 is 1.27 bits per heavy atom. The molecule has 0 aliphatic carbocycles. The lowest BCUT2D eigenvalue weighted by atomic mass is 10.2. The molecule has 0 saturated carbocycles. The number of hydrogen-bond acceptors (Lipinski definition) is 3. The molecule has 82 valence electrons. The summed E-state index contributed by atoms with van der Waals surface area (Å²) in [6.45, 7) is 4.71. The van der Waals surface area contributed by atoms with E-state index in [1.165, 1.54) is 0 Å². The van der Waals surface area contributed by atoms with Gasteiger partial charge in [-0.3, -0.25) is 0 Å². The van der Waals surface area contributed by atoms with Gasteiger partial charge in [0.15, 0.2) is 0 Å². The lowest BCUT2D eigenvalue weighted by Gasteiger charge is -2.08. The maximum Gasteiger partial charge on any atom is 0.119 e. The van der Waals surface area contributed by atoms with Gasteiger partial charge < -0.3 is 14.2 Å². The molecule has 0 amide bonds. The number of rotatable bonds is 6. The normalized spacial score (nSPS) is 23.8. The third-order valence-corrected chi connectivity index (χ3v) is 2.28. The zero-order valence-electron chi connectivity index (χ0n) is 8.94. The van der Waals surface area contributed by atoms with Crippen LogP contribution in [0.1, 0.15) is 6.92 Å². The highest BCUT2D eigenvalue weighted by atomic mass is 16.6. The molecule has 1 atom stereocenters. The second-order valence-corrected chi connectivity index (χ2v) is 3.95. The molecule has 3 heteroatoms. The Morgan fingerprint density at radius 3 is 2.67 bits per heavy atom. The number of benzene rings is 1. The Balaban J connectivity index is 1.55. The quantitative estimate of drug-likeness (QED) is 0.528. The molecule has 1 unspecified atom stereocenters. The van der Waals surface area contributed by atoms with Gasteiger partial charge in [-0.2, -0.15) is 0 Å². The summed E-state index contributed by atoms with van der Waals surface area (Å²) in [5, 5.41) is 0. The maximum atomic E-state index is 5.48. The van der Waals surface area contributed by atoms with Crippen molar-refractivity contribution in [3.8, 4) is 5.75 Å². The summed E-state index contributed by atoms with van der Waals surface area (Å²) in [6.07, 6.45) is 0. The molecule has 1 fully saturated rings. The Kier molecular flexibility index (Phi) is 3.23. The van der Waals surface area contributed by atoms with Crippen molar-refractivity contribution in [3.05, 3.63) is 30.3 Å². The van der Waals surface area contributed by atoms with Crippen LogP contribution >= 0.6 is 0 Å². The number of epoxide rings is 1. The summed E-state index contributed by atoms with van der Waals surface area (Å²) in [6, 6.07) is 9.75. The molecular weight excluding hydrogens is 192 g/mol. The highest BCUT2D eigenvalue weighted by molar-refractivity contribution is 5.20. The second-order valence-electron chi connectivity index (χ2n) is 3.95. The van der Waals surface area contributed by atoms with Crippen LogP contribution in [0.5, 0.6) is 5.75 Å². The molecule has 1 aromatic carbocycles. The predicted octanol–water partition coefficient (Wildman–Crippen LogP) is 1.87. The molecule has 3 nitrogen and oxygen atoms in total. The van der Waals surface area contributed by atoms with E-state index in [4.69, 9.17) is 14.2 Å². The molecule has 1 aromatic rings. The molecule has 0 spiro atoms. The van der Waals surface area contributed by atoms with E-state index in [0.29, 0.717) is 19.8 Å². The van der Waals surface area contributed by atoms with Crippen LogP contribution in [0.15, 0.2) is 30.3 Å². The van der Waals surface area contributed by atoms with E-state index in [1.807, 2.05) is 37.3 Å². The molecule has 15 heavy (non-hydrogen) atoms. The van der Waals surface area contributed by atoms with Crippen molar-refractivity contribution in [2.24, 2.45) is 0 Å². The van der Waals surface area contributed by atoms with E-state index in [2.05, 4.69) is 0 Å². The van der Waals surface area contributed by atoms with Crippen LogP contribution in [0.2, 0.25) is 0 Å². The minimum absolute atomic E-state index is 0.0211. The van der Waals surface area contributed by atoms with Gasteiger partial charge in [-0.1, -0.05) is 18.2 Å². The first-order chi connectivity index (χ1) is 7.29. The van der Waals surface area contributed by atoms with Gasteiger partial charge in [0.2, 0.25) is 0 Å². The zero-order chi connectivity index (χ0) is 10.6. The second kappa shape index (κ2) is 4.64. The molecule has 0 bridgehead atoms. The molecule has 0 N–H and O–H groups in total. The van der Waals surface area contributed by atoms with E-state index in [-0.39, 0.29) is 5.60 Å². The van der Waals surface area contributed by atoms with Gasteiger partial charge in [0.1, 0.15) is 18.0 Å². The number of hydrogen-bond donors (Lipinski definition) is 0. The van der Waals surface area contributed by atoms with E-state index < -0.39 is 0 Å². The molecule has 1 heterocycles. The first-order valence-corrected chi connectivity index (χ1v) is 5.18. The topological polar surface area (TPSA) is 31.0 Å². The average Bonchev–Trinajstić information content (AvgIpc) is 2.98. The summed E-state index contributed by atoms with van der Waals surface area (Å²) in [5.74, 6) is 0.884. The molecule has 1 aliphatic heterocycles. The summed E-state index contributed by atoms with van der Waals surface area (Å²) < 4.78 is 16.1. The molecule has 1 saturated heterocycles. The van der Waals surface area contributed by atoms with Crippen LogP contribution < -0.4 is 4.74 Å². The van der Waals surface area contributed by atoms with Gasteiger partial charge in [0.05, 0.1) is 19.8 Å². The Hall–Kier alpha value is -1.06. The fourth-order valence-corrected chi connectivity index (χ4v) is 1.23. The monoisotopic (exact) mass is 208 g/mol. The van der Waals surface area contributed by atoms with Crippen LogP contribution in [0, 0.1) is 0 Å². The average molecular weight is 208 g/mol. The van der Waals surface area contributed by atoms with Gasteiger partial charge in [0.25, 0.3) is 0 Å². The smallest absolute Gasteiger partial charge is 0.119 e. The van der Waals surface area contributed by atoms with Crippen molar-refractivity contribution in [2.45, 2.75) is 12.5 Å². The number of para-hydroxylation sites is 1. The van der Waals surface area contributed by atoms with Gasteiger partial charge >= 0.3 is 0 Å². The number of ether oxygens (including phenoxy) is 3. The van der Waals surface area contributed by atoms with E-state index in [1.54, 1.807) is 0 Å². The molecular formula is C12H16O3. The lowest BCUT2D eigenvalue weighted by molar-refractivity contribution is 0.0640. The Morgan fingerprint density at radius 2 is 2.00 bits per heavy atom. The minimum Gasteiger partial charge on any atom is -0.491 e. The summed E-state index contributed by atoms with van der Waals surface area (Å²) >= 11 is 0. The van der Waals surface area contributed by atoms with Gasteiger partial charge in [0, 0.05) is 0 Å². The van der Waals surface area contributed by atoms with Crippen molar-refractivity contribution in [1.82, 2.24) is 0 Å². The molecule has 2 rings (SSSR count). The van der Waals surface area contributed by atoms with Gasteiger partial charge in [-0.05, 0) is 19.1 Å². The SMILES string of the molecule is CC1(COCCOc2ccccc2)CO1. The van der Waals surface area contributed by atoms with Crippen LogP contribution in [0.4, 0.5) is 0 Å². The molecule has 0 aromatic heterocycles. The Bertz CT molecular complexity index is 293. The van der Waals surface area contributed by atoms with Crippen molar-refractivity contribution in [1.29, 1.82) is 0 Å². The van der Waals surface area contributed by atoms with Crippen LogP contribution in [-0.4, -0.2) is 32.0 Å². The van der Waals surface area contributed by atoms with Crippen molar-refractivity contribution >= 4 is 0 Å². The first-order valence-electron chi connectivity index (χ1n) is 5.18. The Labute approximate surface area is 90.0 Å². The highest BCUT2D eigenvalue weighted by Gasteiger charge is 2.39. The van der Waals surface area contributed by atoms with Crippen LogP contribution in [0.25, 0.3) is 0 Å². The summed E-state index contributed by atoms with van der Waals surface area (Å²) in [4.78, 5) is 0. The highest BCUT2D eigenvalue weighted by Crippen LogP contribution is 2.25. The fraction of sp³-hybridized carbons (Fsp3) is 0.500. The largest absolute Gasteiger partial charge is 0.491 e. The third kappa shape index (κ3) is 3.53. The summed E-state index contributed by atoms with van der Waals surface area (Å²) in [7, 11) is 0.